The zero-order valence-electron chi connectivity index (χ0n) is 17.6. The van der Waals surface area contributed by atoms with E-state index in [0.717, 1.165) is 22.0 Å². The van der Waals surface area contributed by atoms with Crippen molar-refractivity contribution in [1.29, 1.82) is 0 Å². The number of nitrogens with two attached hydrogens (primary N) is 1. The highest BCUT2D eigenvalue weighted by atomic mass is 16.1. The first-order chi connectivity index (χ1) is 16.2. The maximum absolute atomic E-state index is 13.6. The number of rotatable bonds is 3. The Bertz CT molecular complexity index is 1670. The Morgan fingerprint density at radius 3 is 2.24 bits per heavy atom. The van der Waals surface area contributed by atoms with Crippen LogP contribution in [0.3, 0.4) is 0 Å². The quantitative estimate of drug-likeness (QED) is 0.386. The molecular weight excluding hydrogens is 410 g/mol. The predicted octanol–water partition coefficient (Wildman–Crippen LogP) is 5.56. The molecule has 0 saturated carbocycles. The van der Waals surface area contributed by atoms with Gasteiger partial charge in [-0.1, -0.05) is 66.7 Å². The first kappa shape index (κ1) is 19.0. The number of nitrogens with one attached hydrogen (secondary N) is 1. The molecule has 2 heterocycles. The average molecular weight is 429 g/mol. The van der Waals surface area contributed by atoms with Crippen LogP contribution in [0.5, 0.6) is 0 Å². The van der Waals surface area contributed by atoms with Gasteiger partial charge < -0.3 is 11.1 Å². The molecule has 2 aromatic heterocycles. The number of fused-ring (bicyclic) bond motifs is 3. The minimum atomic E-state index is -0.326. The Balaban J connectivity index is 1.58. The number of carbonyl (C=O) groups is 1. The number of nitrogen functional groups attached to an aromatic ring is 1. The van der Waals surface area contributed by atoms with Gasteiger partial charge in [-0.25, -0.2) is 9.97 Å². The molecule has 0 saturated heterocycles. The number of carbonyl (C=O) groups excluding carboxylic acids is 1. The summed E-state index contributed by atoms with van der Waals surface area (Å²) < 4.78 is 1.78. The van der Waals surface area contributed by atoms with Crippen molar-refractivity contribution in [2.75, 3.05) is 11.1 Å². The summed E-state index contributed by atoms with van der Waals surface area (Å²) in [6.07, 6.45) is 0. The zero-order valence-corrected chi connectivity index (χ0v) is 17.6. The van der Waals surface area contributed by atoms with Crippen molar-refractivity contribution in [3.63, 3.8) is 0 Å². The molecule has 0 fully saturated rings. The van der Waals surface area contributed by atoms with Gasteiger partial charge in [-0.2, -0.15) is 0 Å². The van der Waals surface area contributed by atoms with E-state index in [0.29, 0.717) is 33.7 Å². The number of para-hydroxylation sites is 3. The molecular formula is C27H19N5O. The van der Waals surface area contributed by atoms with Crippen LogP contribution in [0.15, 0.2) is 97.1 Å². The lowest BCUT2D eigenvalue weighted by molar-refractivity contribution is 0.102. The second-order valence-electron chi connectivity index (χ2n) is 7.80. The Morgan fingerprint density at radius 1 is 0.758 bits per heavy atom. The molecule has 3 N–H and O–H groups in total. The summed E-state index contributed by atoms with van der Waals surface area (Å²) in [5.41, 5.74) is 10.9. The van der Waals surface area contributed by atoms with Crippen molar-refractivity contribution >= 4 is 50.4 Å². The van der Waals surface area contributed by atoms with E-state index < -0.39 is 0 Å². The van der Waals surface area contributed by atoms with E-state index in [1.54, 1.807) is 4.57 Å². The van der Waals surface area contributed by atoms with Crippen LogP contribution in [0.4, 0.5) is 11.5 Å². The van der Waals surface area contributed by atoms with Crippen LogP contribution in [0.1, 0.15) is 10.4 Å². The number of hydrogen-bond donors (Lipinski definition) is 2. The smallest absolute Gasteiger partial charge is 0.261 e. The van der Waals surface area contributed by atoms with Crippen molar-refractivity contribution in [3.05, 3.63) is 103 Å². The molecule has 6 nitrogen and oxygen atoms in total. The highest BCUT2D eigenvalue weighted by Gasteiger charge is 2.25. The van der Waals surface area contributed by atoms with Crippen LogP contribution in [-0.4, -0.2) is 20.4 Å². The van der Waals surface area contributed by atoms with Crippen molar-refractivity contribution in [2.24, 2.45) is 0 Å². The molecule has 0 unspecified atom stereocenters. The van der Waals surface area contributed by atoms with Crippen LogP contribution in [0.2, 0.25) is 0 Å². The summed E-state index contributed by atoms with van der Waals surface area (Å²) in [5.74, 6) is -0.0302. The minimum absolute atomic E-state index is 0.296. The number of aromatic nitrogens is 3. The van der Waals surface area contributed by atoms with E-state index >= 15 is 0 Å². The van der Waals surface area contributed by atoms with Crippen molar-refractivity contribution in [3.8, 4) is 5.69 Å². The lowest BCUT2D eigenvalue weighted by Gasteiger charge is -2.10. The molecule has 0 atom stereocenters. The first-order valence-corrected chi connectivity index (χ1v) is 10.6. The van der Waals surface area contributed by atoms with E-state index in [4.69, 9.17) is 15.7 Å². The van der Waals surface area contributed by atoms with Gasteiger partial charge in [0.25, 0.3) is 5.91 Å². The van der Waals surface area contributed by atoms with Crippen molar-refractivity contribution < 1.29 is 4.79 Å². The van der Waals surface area contributed by atoms with Crippen LogP contribution in [-0.2, 0) is 0 Å². The van der Waals surface area contributed by atoms with E-state index in [2.05, 4.69) is 5.32 Å². The second kappa shape index (κ2) is 7.46. The molecule has 33 heavy (non-hydrogen) atoms. The fourth-order valence-corrected chi connectivity index (χ4v) is 4.24. The largest absolute Gasteiger partial charge is 0.384 e. The van der Waals surface area contributed by atoms with Crippen LogP contribution >= 0.6 is 0 Å². The van der Waals surface area contributed by atoms with E-state index in [1.165, 1.54) is 0 Å². The van der Waals surface area contributed by atoms with E-state index in [1.807, 2.05) is 97.1 Å². The van der Waals surface area contributed by atoms with Crippen LogP contribution in [0, 0.1) is 0 Å². The minimum Gasteiger partial charge on any atom is -0.384 e. The molecule has 158 valence electrons. The predicted molar refractivity (Wildman–Crippen MR) is 133 cm³/mol. The molecule has 0 bridgehead atoms. The molecule has 6 aromatic rings. The summed E-state index contributed by atoms with van der Waals surface area (Å²) in [5, 5.41) is 5.04. The molecule has 0 aliphatic heterocycles. The number of amides is 1. The first-order valence-electron chi connectivity index (χ1n) is 10.6. The van der Waals surface area contributed by atoms with Crippen LogP contribution in [0.25, 0.3) is 38.7 Å². The van der Waals surface area contributed by atoms with Gasteiger partial charge in [-0.05, 0) is 35.7 Å². The lowest BCUT2D eigenvalue weighted by Crippen LogP contribution is -2.14. The number of nitrogens with zero attached hydrogens (tertiary/aromatic N) is 3. The molecule has 1 amide bonds. The fourth-order valence-electron chi connectivity index (χ4n) is 4.24. The van der Waals surface area contributed by atoms with E-state index in [-0.39, 0.29) is 5.91 Å². The molecule has 0 aliphatic rings. The number of anilines is 2. The highest BCUT2D eigenvalue weighted by Crippen LogP contribution is 2.32. The zero-order chi connectivity index (χ0) is 22.4. The van der Waals surface area contributed by atoms with Gasteiger partial charge in [0.1, 0.15) is 16.9 Å². The van der Waals surface area contributed by atoms with Gasteiger partial charge in [0.15, 0.2) is 5.65 Å². The van der Waals surface area contributed by atoms with Gasteiger partial charge in [0.2, 0.25) is 0 Å². The molecule has 0 spiro atoms. The maximum Gasteiger partial charge on any atom is 0.261 e. The third-order valence-electron chi connectivity index (χ3n) is 5.78. The number of hydrogen-bond acceptors (Lipinski definition) is 4. The van der Waals surface area contributed by atoms with Gasteiger partial charge in [-0.3, -0.25) is 9.36 Å². The summed E-state index contributed by atoms with van der Waals surface area (Å²) in [7, 11) is 0. The highest BCUT2D eigenvalue weighted by molar-refractivity contribution is 6.18. The Morgan fingerprint density at radius 2 is 1.42 bits per heavy atom. The molecule has 0 aliphatic carbocycles. The maximum atomic E-state index is 13.6. The van der Waals surface area contributed by atoms with Gasteiger partial charge >= 0.3 is 0 Å². The SMILES string of the molecule is Nc1c(C(=O)Nc2cccc3ccccc23)c2nc3ccccc3nc2n1-c1ccccc1. The second-order valence-corrected chi connectivity index (χ2v) is 7.80. The van der Waals surface area contributed by atoms with Crippen molar-refractivity contribution in [1.82, 2.24) is 14.5 Å². The third kappa shape index (κ3) is 3.08. The molecule has 4 aromatic carbocycles. The lowest BCUT2D eigenvalue weighted by atomic mass is 10.1. The molecule has 0 radical (unpaired) electrons. The summed E-state index contributed by atoms with van der Waals surface area (Å²) in [6, 6.07) is 31.0. The molecule has 6 rings (SSSR count). The number of benzene rings is 4. The molecule has 6 heteroatoms. The van der Waals surface area contributed by atoms with Gasteiger partial charge in [0, 0.05) is 16.8 Å². The van der Waals surface area contributed by atoms with Gasteiger partial charge in [0.05, 0.1) is 11.0 Å². The summed E-state index contributed by atoms with van der Waals surface area (Å²) in [6.45, 7) is 0. The Kier molecular flexibility index (Phi) is 4.30. The Labute approximate surface area is 189 Å². The summed E-state index contributed by atoms with van der Waals surface area (Å²) in [4.78, 5) is 23.2. The van der Waals surface area contributed by atoms with Crippen molar-refractivity contribution in [2.45, 2.75) is 0 Å². The normalized spacial score (nSPS) is 11.3. The Hall–Kier alpha value is -4.71. The van der Waals surface area contributed by atoms with E-state index in [9.17, 15) is 4.79 Å². The monoisotopic (exact) mass is 429 g/mol. The summed E-state index contributed by atoms with van der Waals surface area (Å²) >= 11 is 0. The third-order valence-corrected chi connectivity index (χ3v) is 5.78. The topological polar surface area (TPSA) is 85.8 Å². The fraction of sp³-hybridized carbons (Fsp3) is 0. The van der Waals surface area contributed by atoms with Crippen LogP contribution < -0.4 is 11.1 Å². The standard InChI is InChI=1S/C27H19N5O/c28-25-23(27(33)31-20-16-8-10-17-9-4-5-13-19(17)20)24-26(32(25)18-11-2-1-3-12-18)30-22-15-7-6-14-21(22)29-24/h1-16H,28H2,(H,31,33). The average Bonchev–Trinajstić information content (AvgIpc) is 3.14. The van der Waals surface area contributed by atoms with Gasteiger partial charge in [-0.15, -0.1) is 0 Å².